The molecule has 0 bridgehead atoms. The molecule has 0 aromatic heterocycles. The first-order valence-corrected chi connectivity index (χ1v) is 8.06. The molecule has 0 unspecified atom stereocenters. The Morgan fingerprint density at radius 1 is 0.958 bits per heavy atom. The summed E-state index contributed by atoms with van der Waals surface area (Å²) >= 11 is 0. The number of hydrogen-bond acceptors (Lipinski definition) is 3. The largest absolute Gasteiger partial charge is 0.369 e. The molecule has 0 radical (unpaired) electrons. The van der Waals surface area contributed by atoms with Crippen LogP contribution in [0.1, 0.15) is 22.8 Å². The molecule has 0 saturated carbocycles. The van der Waals surface area contributed by atoms with Gasteiger partial charge in [-0.25, -0.2) is 8.78 Å². The smallest absolute Gasteiger partial charge is 0.159 e. The van der Waals surface area contributed by atoms with Gasteiger partial charge in [0, 0.05) is 49.5 Å². The summed E-state index contributed by atoms with van der Waals surface area (Å²) in [4.78, 5) is 15.6. The van der Waals surface area contributed by atoms with Crippen LogP contribution < -0.4 is 4.90 Å². The van der Waals surface area contributed by atoms with Crippen molar-refractivity contribution < 1.29 is 13.6 Å². The number of nitrogens with zero attached hydrogens (tertiary/aromatic N) is 2. The molecule has 1 aliphatic rings. The number of carbonyl (C=O) groups is 1. The Bertz CT molecular complexity index is 702. The van der Waals surface area contributed by atoms with E-state index < -0.39 is 11.6 Å². The van der Waals surface area contributed by atoms with Crippen molar-refractivity contribution in [2.75, 3.05) is 31.1 Å². The zero-order chi connectivity index (χ0) is 17.1. The van der Waals surface area contributed by atoms with Crippen LogP contribution in [0.3, 0.4) is 0 Å². The standard InChI is InChI=1S/C19H20F2N2O/c1-14(24)15-5-7-16(8-6-15)23-11-9-22(10-12-23)13-17-18(20)3-2-4-19(17)21/h2-8H,9-13H2,1H3. The maximum absolute atomic E-state index is 13.7. The van der Waals surface area contributed by atoms with Crippen LogP contribution in [0.15, 0.2) is 42.5 Å². The van der Waals surface area contributed by atoms with E-state index in [1.165, 1.54) is 18.2 Å². The molecule has 1 aliphatic heterocycles. The fourth-order valence-electron chi connectivity index (χ4n) is 2.98. The second-order valence-corrected chi connectivity index (χ2v) is 6.07. The van der Waals surface area contributed by atoms with E-state index in [0.29, 0.717) is 5.56 Å². The summed E-state index contributed by atoms with van der Waals surface area (Å²) in [7, 11) is 0. The quantitative estimate of drug-likeness (QED) is 0.802. The van der Waals surface area contributed by atoms with Crippen molar-refractivity contribution in [3.8, 4) is 0 Å². The monoisotopic (exact) mass is 330 g/mol. The zero-order valence-electron chi connectivity index (χ0n) is 13.6. The van der Waals surface area contributed by atoms with Crippen molar-refractivity contribution in [3.63, 3.8) is 0 Å². The van der Waals surface area contributed by atoms with Gasteiger partial charge in [-0.05, 0) is 43.3 Å². The fourth-order valence-corrected chi connectivity index (χ4v) is 2.98. The highest BCUT2D eigenvalue weighted by Gasteiger charge is 2.20. The Labute approximate surface area is 140 Å². The molecule has 3 nitrogen and oxygen atoms in total. The molecule has 1 fully saturated rings. The Morgan fingerprint density at radius 2 is 1.54 bits per heavy atom. The third-order valence-corrected chi connectivity index (χ3v) is 4.45. The second kappa shape index (κ2) is 7.09. The molecular formula is C19H20F2N2O. The highest BCUT2D eigenvalue weighted by Crippen LogP contribution is 2.20. The Morgan fingerprint density at radius 3 is 2.08 bits per heavy atom. The van der Waals surface area contributed by atoms with Gasteiger partial charge in [0.05, 0.1) is 0 Å². The van der Waals surface area contributed by atoms with Crippen molar-refractivity contribution in [2.24, 2.45) is 0 Å². The molecule has 0 spiro atoms. The molecule has 5 heteroatoms. The molecule has 2 aromatic carbocycles. The summed E-state index contributed by atoms with van der Waals surface area (Å²) in [5.74, 6) is -0.923. The molecule has 0 aliphatic carbocycles. The number of ketones is 1. The summed E-state index contributed by atoms with van der Waals surface area (Å²) in [6, 6.07) is 11.5. The van der Waals surface area contributed by atoms with E-state index in [9.17, 15) is 13.6 Å². The van der Waals surface area contributed by atoms with Crippen LogP contribution in [0, 0.1) is 11.6 Å². The number of benzene rings is 2. The highest BCUT2D eigenvalue weighted by atomic mass is 19.1. The van der Waals surface area contributed by atoms with E-state index in [4.69, 9.17) is 0 Å². The van der Waals surface area contributed by atoms with Crippen LogP contribution in [0.25, 0.3) is 0 Å². The van der Waals surface area contributed by atoms with E-state index in [-0.39, 0.29) is 17.9 Å². The van der Waals surface area contributed by atoms with Crippen LogP contribution in [0.5, 0.6) is 0 Å². The zero-order valence-corrected chi connectivity index (χ0v) is 13.6. The number of Topliss-reactive ketones (excluding diaryl/α,β-unsaturated/α-hetero) is 1. The molecule has 1 saturated heterocycles. The lowest BCUT2D eigenvalue weighted by atomic mass is 10.1. The van der Waals surface area contributed by atoms with Crippen molar-refractivity contribution in [1.82, 2.24) is 4.90 Å². The number of hydrogen-bond donors (Lipinski definition) is 0. The third-order valence-electron chi connectivity index (χ3n) is 4.45. The summed E-state index contributed by atoms with van der Waals surface area (Å²) < 4.78 is 27.5. The topological polar surface area (TPSA) is 23.6 Å². The lowest BCUT2D eigenvalue weighted by Crippen LogP contribution is -2.46. The predicted molar refractivity (Wildman–Crippen MR) is 90.3 cm³/mol. The third kappa shape index (κ3) is 3.62. The maximum Gasteiger partial charge on any atom is 0.159 e. The first kappa shape index (κ1) is 16.6. The van der Waals surface area contributed by atoms with Gasteiger partial charge in [0.15, 0.2) is 5.78 Å². The van der Waals surface area contributed by atoms with Crippen molar-refractivity contribution in [3.05, 3.63) is 65.2 Å². The molecule has 3 rings (SSSR count). The molecule has 0 amide bonds. The lowest BCUT2D eigenvalue weighted by Gasteiger charge is -2.36. The van der Waals surface area contributed by atoms with Crippen molar-refractivity contribution >= 4 is 11.5 Å². The van der Waals surface area contributed by atoms with Gasteiger partial charge in [0.1, 0.15) is 11.6 Å². The van der Waals surface area contributed by atoms with E-state index in [0.717, 1.165) is 31.9 Å². The van der Waals surface area contributed by atoms with Crippen LogP contribution in [-0.2, 0) is 6.54 Å². The predicted octanol–water partition coefficient (Wildman–Crippen LogP) is 3.49. The van der Waals surface area contributed by atoms with E-state index in [1.54, 1.807) is 6.92 Å². The van der Waals surface area contributed by atoms with Gasteiger partial charge in [-0.2, -0.15) is 0 Å². The number of anilines is 1. The molecule has 24 heavy (non-hydrogen) atoms. The van der Waals surface area contributed by atoms with Crippen molar-refractivity contribution in [2.45, 2.75) is 13.5 Å². The minimum Gasteiger partial charge on any atom is -0.369 e. The average molecular weight is 330 g/mol. The summed E-state index contributed by atoms with van der Waals surface area (Å²) in [5, 5.41) is 0. The molecule has 1 heterocycles. The average Bonchev–Trinajstić information content (AvgIpc) is 2.59. The first-order valence-electron chi connectivity index (χ1n) is 8.06. The highest BCUT2D eigenvalue weighted by molar-refractivity contribution is 5.94. The van der Waals surface area contributed by atoms with Crippen LogP contribution in [-0.4, -0.2) is 36.9 Å². The summed E-state index contributed by atoms with van der Waals surface area (Å²) in [5.41, 5.74) is 1.90. The summed E-state index contributed by atoms with van der Waals surface area (Å²) in [6.45, 7) is 4.89. The maximum atomic E-state index is 13.7. The van der Waals surface area contributed by atoms with Gasteiger partial charge in [0.2, 0.25) is 0 Å². The fraction of sp³-hybridized carbons (Fsp3) is 0.316. The SMILES string of the molecule is CC(=O)c1ccc(N2CCN(Cc3c(F)cccc3F)CC2)cc1. The Hall–Kier alpha value is -2.27. The second-order valence-electron chi connectivity index (χ2n) is 6.07. The van der Waals surface area contributed by atoms with Gasteiger partial charge in [0.25, 0.3) is 0 Å². The Balaban J connectivity index is 1.60. The van der Waals surface area contributed by atoms with Gasteiger partial charge >= 0.3 is 0 Å². The molecule has 126 valence electrons. The number of piperazine rings is 1. The van der Waals surface area contributed by atoms with E-state index in [1.807, 2.05) is 24.3 Å². The molecule has 2 aromatic rings. The number of rotatable bonds is 4. The van der Waals surface area contributed by atoms with Crippen LogP contribution >= 0.6 is 0 Å². The summed E-state index contributed by atoms with van der Waals surface area (Å²) in [6.07, 6.45) is 0. The minimum atomic E-state index is -0.489. The van der Waals surface area contributed by atoms with Crippen LogP contribution in [0.2, 0.25) is 0 Å². The minimum absolute atomic E-state index is 0.0540. The van der Waals surface area contributed by atoms with E-state index >= 15 is 0 Å². The molecule has 0 N–H and O–H groups in total. The van der Waals surface area contributed by atoms with Gasteiger partial charge in [-0.3, -0.25) is 9.69 Å². The molecule has 0 atom stereocenters. The van der Waals surface area contributed by atoms with Gasteiger partial charge < -0.3 is 4.90 Å². The molecular weight excluding hydrogens is 310 g/mol. The number of carbonyl (C=O) groups excluding carboxylic acids is 1. The van der Waals surface area contributed by atoms with Gasteiger partial charge in [-0.1, -0.05) is 6.07 Å². The number of halogens is 2. The van der Waals surface area contributed by atoms with E-state index in [2.05, 4.69) is 9.80 Å². The lowest BCUT2D eigenvalue weighted by molar-refractivity contribution is 0.101. The first-order chi connectivity index (χ1) is 11.5. The van der Waals surface area contributed by atoms with Crippen LogP contribution in [0.4, 0.5) is 14.5 Å². The normalized spacial score (nSPS) is 15.5. The van der Waals surface area contributed by atoms with Crippen molar-refractivity contribution in [1.29, 1.82) is 0 Å². The van der Waals surface area contributed by atoms with Gasteiger partial charge in [-0.15, -0.1) is 0 Å². The Kier molecular flexibility index (Phi) is 4.90.